The Hall–Kier alpha value is -3.46. The fourth-order valence-corrected chi connectivity index (χ4v) is 3.73. The summed E-state index contributed by atoms with van der Waals surface area (Å²) in [6, 6.07) is 11.2. The Morgan fingerprint density at radius 1 is 1.13 bits per heavy atom. The molecule has 31 heavy (non-hydrogen) atoms. The number of esters is 1. The van der Waals surface area contributed by atoms with Gasteiger partial charge in [-0.3, -0.25) is 10.1 Å². The van der Waals surface area contributed by atoms with E-state index in [2.05, 4.69) is 15.0 Å². The van der Waals surface area contributed by atoms with Gasteiger partial charge in [-0.25, -0.2) is 14.2 Å². The highest BCUT2D eigenvalue weighted by atomic mass is 32.1. The molecular formula is C22H21FN2O5S. The molecule has 9 heteroatoms. The first-order valence-electron chi connectivity index (χ1n) is 9.30. The molecule has 7 nitrogen and oxygen atoms in total. The number of ether oxygens (including phenoxy) is 3. The first-order valence-corrected chi connectivity index (χ1v) is 10.1. The minimum absolute atomic E-state index is 0.275. The Kier molecular flexibility index (Phi) is 7.19. The van der Waals surface area contributed by atoms with E-state index in [0.29, 0.717) is 34.2 Å². The average Bonchev–Trinajstić information content (AvgIpc) is 3.11. The second kappa shape index (κ2) is 10.0. The zero-order valence-corrected chi connectivity index (χ0v) is 18.0. The van der Waals surface area contributed by atoms with Gasteiger partial charge in [0.2, 0.25) is 0 Å². The van der Waals surface area contributed by atoms with Crippen LogP contribution in [0, 0.1) is 12.7 Å². The maximum Gasteiger partial charge on any atom is 0.343 e. The van der Waals surface area contributed by atoms with E-state index in [9.17, 15) is 14.0 Å². The number of aromatic nitrogens is 1. The van der Waals surface area contributed by atoms with Crippen molar-refractivity contribution in [1.29, 1.82) is 0 Å². The first-order chi connectivity index (χ1) is 14.9. The molecule has 1 aromatic heterocycles. The summed E-state index contributed by atoms with van der Waals surface area (Å²) in [4.78, 5) is 29.2. The van der Waals surface area contributed by atoms with Crippen LogP contribution in [0.2, 0.25) is 0 Å². The lowest BCUT2D eigenvalue weighted by Crippen LogP contribution is -2.14. The van der Waals surface area contributed by atoms with E-state index in [1.807, 2.05) is 6.92 Å². The van der Waals surface area contributed by atoms with Crippen LogP contribution in [0.15, 0.2) is 42.5 Å². The summed E-state index contributed by atoms with van der Waals surface area (Å²) in [5.41, 5.74) is 1.62. The minimum Gasteiger partial charge on any atom is -0.493 e. The van der Waals surface area contributed by atoms with E-state index in [4.69, 9.17) is 9.47 Å². The third kappa shape index (κ3) is 5.58. The van der Waals surface area contributed by atoms with Crippen molar-refractivity contribution in [3.63, 3.8) is 0 Å². The molecule has 162 valence electrons. The number of nitrogens with zero attached hydrogens (tertiary/aromatic N) is 1. The fraction of sp³-hybridized carbons (Fsp3) is 0.227. The topological polar surface area (TPSA) is 86.8 Å². The number of carbonyl (C=O) groups excluding carboxylic acids is 2. The predicted molar refractivity (Wildman–Crippen MR) is 115 cm³/mol. The summed E-state index contributed by atoms with van der Waals surface area (Å²) in [5.74, 6) is -0.588. The van der Waals surface area contributed by atoms with Crippen LogP contribution >= 0.6 is 11.3 Å². The molecule has 3 rings (SSSR count). The second-order valence-corrected chi connectivity index (χ2v) is 7.56. The van der Waals surface area contributed by atoms with Crippen molar-refractivity contribution in [2.45, 2.75) is 13.3 Å². The van der Waals surface area contributed by atoms with Gasteiger partial charge in [-0.15, -0.1) is 11.3 Å². The molecule has 0 aliphatic heterocycles. The molecule has 3 aromatic rings. The highest BCUT2D eigenvalue weighted by molar-refractivity contribution is 7.15. The van der Waals surface area contributed by atoms with Crippen LogP contribution in [0.5, 0.6) is 11.5 Å². The Morgan fingerprint density at radius 2 is 1.90 bits per heavy atom. The van der Waals surface area contributed by atoms with Gasteiger partial charge >= 0.3 is 5.97 Å². The maximum atomic E-state index is 13.9. The van der Waals surface area contributed by atoms with E-state index in [0.717, 1.165) is 10.6 Å². The van der Waals surface area contributed by atoms with E-state index in [-0.39, 0.29) is 18.3 Å². The van der Waals surface area contributed by atoms with Crippen LogP contribution in [0.4, 0.5) is 9.52 Å². The Balaban J connectivity index is 1.71. The molecule has 0 atom stereocenters. The number of carbonyl (C=O) groups is 2. The third-order valence-corrected chi connectivity index (χ3v) is 5.49. The summed E-state index contributed by atoms with van der Waals surface area (Å²) in [5, 5.41) is 3.17. The Bertz CT molecular complexity index is 1100. The van der Waals surface area contributed by atoms with Gasteiger partial charge in [0, 0.05) is 16.9 Å². The summed E-state index contributed by atoms with van der Waals surface area (Å²) in [6.45, 7) is 1.54. The number of anilines is 1. The molecule has 1 heterocycles. The van der Waals surface area contributed by atoms with Crippen molar-refractivity contribution >= 4 is 28.3 Å². The normalized spacial score (nSPS) is 10.5. The lowest BCUT2D eigenvalue weighted by Gasteiger charge is -2.11. The molecule has 0 bridgehead atoms. The molecule has 1 amide bonds. The largest absolute Gasteiger partial charge is 0.493 e. The molecular weight excluding hydrogens is 423 g/mol. The SMILES string of the molecule is COC(=O)COc1ccc(C(=O)Nc2nc(C)c(Cc3ccccc3F)s2)cc1OC. The Morgan fingerprint density at radius 3 is 2.61 bits per heavy atom. The molecule has 2 aromatic carbocycles. The van der Waals surface area contributed by atoms with Crippen molar-refractivity contribution in [1.82, 2.24) is 4.98 Å². The molecule has 0 saturated carbocycles. The summed E-state index contributed by atoms with van der Waals surface area (Å²) in [6.07, 6.45) is 0.395. The van der Waals surface area contributed by atoms with Crippen LogP contribution in [0.25, 0.3) is 0 Å². The van der Waals surface area contributed by atoms with Gasteiger partial charge in [0.05, 0.1) is 19.9 Å². The van der Waals surface area contributed by atoms with Crippen molar-refractivity contribution in [3.8, 4) is 11.5 Å². The van der Waals surface area contributed by atoms with Gasteiger partial charge in [-0.05, 0) is 36.8 Å². The summed E-state index contributed by atoms with van der Waals surface area (Å²) in [7, 11) is 2.69. The van der Waals surface area contributed by atoms with Crippen LogP contribution in [0.1, 0.15) is 26.5 Å². The molecule has 0 saturated heterocycles. The van der Waals surface area contributed by atoms with Gasteiger partial charge in [0.1, 0.15) is 5.82 Å². The van der Waals surface area contributed by atoms with E-state index in [1.165, 1.54) is 43.8 Å². The number of nitrogens with one attached hydrogen (secondary N) is 1. The molecule has 0 aliphatic rings. The zero-order chi connectivity index (χ0) is 22.4. The van der Waals surface area contributed by atoms with Gasteiger partial charge in [-0.1, -0.05) is 18.2 Å². The minimum atomic E-state index is -0.533. The van der Waals surface area contributed by atoms with Gasteiger partial charge in [0.15, 0.2) is 23.2 Å². The van der Waals surface area contributed by atoms with E-state index in [1.54, 1.807) is 24.3 Å². The lowest BCUT2D eigenvalue weighted by atomic mass is 10.1. The number of amides is 1. The molecule has 1 N–H and O–H groups in total. The number of hydrogen-bond donors (Lipinski definition) is 1. The third-order valence-electron chi connectivity index (χ3n) is 4.42. The number of thiazole rings is 1. The van der Waals surface area contributed by atoms with Crippen molar-refractivity contribution < 1.29 is 28.2 Å². The Labute approximate surface area is 182 Å². The van der Waals surface area contributed by atoms with Crippen LogP contribution in [0.3, 0.4) is 0 Å². The van der Waals surface area contributed by atoms with Crippen molar-refractivity contribution in [2.75, 3.05) is 26.1 Å². The first kappa shape index (κ1) is 22.2. The summed E-state index contributed by atoms with van der Waals surface area (Å²) >= 11 is 1.30. The van der Waals surface area contributed by atoms with E-state index >= 15 is 0 Å². The van der Waals surface area contributed by atoms with Crippen LogP contribution in [-0.2, 0) is 16.0 Å². The number of aryl methyl sites for hydroxylation is 1. The second-order valence-electron chi connectivity index (χ2n) is 6.48. The number of halogens is 1. The highest BCUT2D eigenvalue weighted by Crippen LogP contribution is 2.30. The number of rotatable bonds is 8. The monoisotopic (exact) mass is 444 g/mol. The average molecular weight is 444 g/mol. The highest BCUT2D eigenvalue weighted by Gasteiger charge is 2.16. The standard InChI is InChI=1S/C22H21FN2O5S/c1-13-19(11-14-6-4-5-7-16(14)23)31-22(24-13)25-21(27)15-8-9-17(18(10-15)28-2)30-12-20(26)29-3/h4-10H,11-12H2,1-3H3,(H,24,25,27). The number of hydrogen-bond acceptors (Lipinski definition) is 7. The van der Waals surface area contributed by atoms with Crippen molar-refractivity contribution in [2.24, 2.45) is 0 Å². The fourth-order valence-electron chi connectivity index (χ4n) is 2.75. The number of methoxy groups -OCH3 is 2. The maximum absolute atomic E-state index is 13.9. The molecule has 0 radical (unpaired) electrons. The molecule has 0 unspecified atom stereocenters. The molecule has 0 spiro atoms. The molecule has 0 fully saturated rings. The van der Waals surface area contributed by atoms with Crippen molar-refractivity contribution in [3.05, 3.63) is 70.0 Å². The quantitative estimate of drug-likeness (QED) is 0.529. The molecule has 0 aliphatic carbocycles. The van der Waals surface area contributed by atoms with E-state index < -0.39 is 5.97 Å². The predicted octanol–water partition coefficient (Wildman–Crippen LogP) is 3.99. The number of benzene rings is 2. The van der Waals surface area contributed by atoms with Gasteiger partial charge in [-0.2, -0.15) is 0 Å². The summed E-state index contributed by atoms with van der Waals surface area (Å²) < 4.78 is 29.1. The van der Waals surface area contributed by atoms with Gasteiger partial charge in [0.25, 0.3) is 5.91 Å². The zero-order valence-electron chi connectivity index (χ0n) is 17.2. The van der Waals surface area contributed by atoms with Crippen LogP contribution in [-0.4, -0.2) is 37.7 Å². The smallest absolute Gasteiger partial charge is 0.343 e. The van der Waals surface area contributed by atoms with Crippen LogP contribution < -0.4 is 14.8 Å². The lowest BCUT2D eigenvalue weighted by molar-refractivity contribution is -0.142. The van der Waals surface area contributed by atoms with Gasteiger partial charge < -0.3 is 14.2 Å².